The molecule has 30 heavy (non-hydrogen) atoms. The van der Waals surface area contributed by atoms with Crippen LogP contribution in [0.1, 0.15) is 11.1 Å². The average molecular weight is 415 g/mol. The van der Waals surface area contributed by atoms with Crippen LogP contribution in [-0.4, -0.2) is 26.3 Å². The summed E-state index contributed by atoms with van der Waals surface area (Å²) in [5.74, 6) is -3.38. The third kappa shape index (κ3) is 3.47. The van der Waals surface area contributed by atoms with Gasteiger partial charge in [0.05, 0.1) is 19.9 Å². The Labute approximate surface area is 168 Å². The van der Waals surface area contributed by atoms with Gasteiger partial charge < -0.3 is 10.1 Å². The van der Waals surface area contributed by atoms with Crippen LogP contribution in [0.3, 0.4) is 0 Å². The van der Waals surface area contributed by atoms with Gasteiger partial charge in [0.2, 0.25) is 5.95 Å². The van der Waals surface area contributed by atoms with Crippen molar-refractivity contribution in [2.75, 3.05) is 12.4 Å². The maximum absolute atomic E-state index is 13.7. The van der Waals surface area contributed by atoms with Crippen molar-refractivity contribution in [1.82, 2.24) is 19.2 Å². The normalized spacial score (nSPS) is 11.1. The first-order valence-electron chi connectivity index (χ1n) is 8.85. The van der Waals surface area contributed by atoms with Crippen LogP contribution in [0.2, 0.25) is 0 Å². The number of anilines is 2. The molecule has 0 amide bonds. The molecule has 154 valence electrons. The first kappa shape index (κ1) is 19.5. The van der Waals surface area contributed by atoms with Crippen LogP contribution in [0.15, 0.2) is 47.7 Å². The van der Waals surface area contributed by atoms with Crippen molar-refractivity contribution in [3.8, 4) is 5.75 Å². The zero-order chi connectivity index (χ0) is 21.4. The van der Waals surface area contributed by atoms with Crippen LogP contribution >= 0.6 is 0 Å². The van der Waals surface area contributed by atoms with Crippen molar-refractivity contribution in [2.45, 2.75) is 13.5 Å². The Balaban J connectivity index is 1.83. The number of nitrogens with one attached hydrogen (secondary N) is 1. The third-order valence-electron chi connectivity index (χ3n) is 4.61. The Morgan fingerprint density at radius 1 is 1.13 bits per heavy atom. The number of halogens is 3. The molecule has 2 heterocycles. The lowest BCUT2D eigenvalue weighted by Crippen LogP contribution is -2.23. The molecular formula is C20H16F3N5O2. The summed E-state index contributed by atoms with van der Waals surface area (Å²) in [5, 5.41) is 3.06. The summed E-state index contributed by atoms with van der Waals surface area (Å²) in [6, 6.07) is 7.06. The summed E-state index contributed by atoms with van der Waals surface area (Å²) < 4.78 is 48.8. The fourth-order valence-electron chi connectivity index (χ4n) is 3.09. The summed E-state index contributed by atoms with van der Waals surface area (Å²) in [5.41, 5.74) is 1.25. The summed E-state index contributed by atoms with van der Waals surface area (Å²) in [6.07, 6.45) is 2.71. The van der Waals surface area contributed by atoms with E-state index in [0.717, 1.165) is 17.7 Å². The minimum absolute atomic E-state index is 0.105. The minimum Gasteiger partial charge on any atom is -0.497 e. The topological polar surface area (TPSA) is 73.4 Å². The van der Waals surface area contributed by atoms with Crippen LogP contribution in [0, 0.1) is 24.4 Å². The fraction of sp³-hybridized carbons (Fsp3) is 0.150. The van der Waals surface area contributed by atoms with E-state index in [9.17, 15) is 18.0 Å². The summed E-state index contributed by atoms with van der Waals surface area (Å²) in [6.45, 7) is 1.74. The van der Waals surface area contributed by atoms with E-state index in [-0.39, 0.29) is 23.6 Å². The van der Waals surface area contributed by atoms with Gasteiger partial charge in [0, 0.05) is 5.69 Å². The SMILES string of the molecule is COc1ccc(Nc2nc(=O)c3cncn3n2Cc2cc(F)c(F)c(F)c2)c(C)c1. The molecule has 2 aromatic heterocycles. The van der Waals surface area contributed by atoms with Crippen LogP contribution in [0.4, 0.5) is 24.8 Å². The number of hydrogen-bond donors (Lipinski definition) is 1. The van der Waals surface area contributed by atoms with E-state index in [1.165, 1.54) is 21.7 Å². The highest BCUT2D eigenvalue weighted by Crippen LogP contribution is 2.24. The molecule has 1 N–H and O–H groups in total. The Morgan fingerprint density at radius 2 is 1.87 bits per heavy atom. The van der Waals surface area contributed by atoms with E-state index < -0.39 is 23.0 Å². The molecular weight excluding hydrogens is 399 g/mol. The molecule has 4 rings (SSSR count). The van der Waals surface area contributed by atoms with Crippen molar-refractivity contribution < 1.29 is 17.9 Å². The number of imidazole rings is 1. The van der Waals surface area contributed by atoms with Gasteiger partial charge in [-0.1, -0.05) is 0 Å². The number of hydrogen-bond acceptors (Lipinski definition) is 5. The summed E-state index contributed by atoms with van der Waals surface area (Å²) in [7, 11) is 1.55. The van der Waals surface area contributed by atoms with Crippen molar-refractivity contribution in [2.24, 2.45) is 0 Å². The molecule has 4 aromatic rings. The van der Waals surface area contributed by atoms with Crippen LogP contribution in [0.25, 0.3) is 5.52 Å². The number of benzene rings is 2. The lowest BCUT2D eigenvalue weighted by Gasteiger charge is -2.17. The van der Waals surface area contributed by atoms with Crippen molar-refractivity contribution >= 4 is 17.2 Å². The van der Waals surface area contributed by atoms with Gasteiger partial charge in [0.15, 0.2) is 17.5 Å². The van der Waals surface area contributed by atoms with E-state index in [2.05, 4.69) is 15.3 Å². The minimum atomic E-state index is -1.54. The van der Waals surface area contributed by atoms with E-state index in [0.29, 0.717) is 11.4 Å². The van der Waals surface area contributed by atoms with E-state index >= 15 is 0 Å². The number of ether oxygens (including phenoxy) is 1. The van der Waals surface area contributed by atoms with Gasteiger partial charge in [-0.25, -0.2) is 27.4 Å². The highest BCUT2D eigenvalue weighted by atomic mass is 19.2. The third-order valence-corrected chi connectivity index (χ3v) is 4.61. The number of methoxy groups -OCH3 is 1. The smallest absolute Gasteiger partial charge is 0.300 e. The molecule has 0 unspecified atom stereocenters. The number of fused-ring (bicyclic) bond motifs is 1. The fourth-order valence-corrected chi connectivity index (χ4v) is 3.09. The Hall–Kier alpha value is -3.82. The van der Waals surface area contributed by atoms with Gasteiger partial charge in [0.1, 0.15) is 17.6 Å². The standard InChI is InChI=1S/C20H16F3N5O2/c1-11-5-13(30-2)3-4-16(11)25-20-26-19(29)17-8-24-10-28(17)27(20)9-12-6-14(21)18(23)15(22)7-12/h3-8,10H,9H2,1-2H3,(H,25,26,29). The first-order valence-corrected chi connectivity index (χ1v) is 8.85. The number of aryl methyl sites for hydroxylation is 1. The number of rotatable bonds is 5. The summed E-state index contributed by atoms with van der Waals surface area (Å²) in [4.78, 5) is 20.4. The van der Waals surface area contributed by atoms with Gasteiger partial charge >= 0.3 is 0 Å². The zero-order valence-electron chi connectivity index (χ0n) is 16.0. The first-order chi connectivity index (χ1) is 14.4. The largest absolute Gasteiger partial charge is 0.497 e. The zero-order valence-corrected chi connectivity index (χ0v) is 16.0. The van der Waals surface area contributed by atoms with Crippen molar-refractivity contribution in [3.05, 3.63) is 81.8 Å². The second-order valence-electron chi connectivity index (χ2n) is 6.60. The molecule has 0 atom stereocenters. The maximum atomic E-state index is 13.7. The molecule has 0 aliphatic rings. The molecule has 0 aliphatic heterocycles. The second kappa shape index (κ2) is 7.54. The van der Waals surface area contributed by atoms with Crippen LogP contribution in [-0.2, 0) is 6.54 Å². The molecule has 0 bridgehead atoms. The van der Waals surface area contributed by atoms with Gasteiger partial charge in [-0.3, -0.25) is 4.79 Å². The Morgan fingerprint density at radius 3 is 2.53 bits per heavy atom. The van der Waals surface area contributed by atoms with Crippen LogP contribution in [0.5, 0.6) is 5.75 Å². The molecule has 0 saturated carbocycles. The monoisotopic (exact) mass is 415 g/mol. The molecule has 0 saturated heterocycles. The van der Waals surface area contributed by atoms with Crippen molar-refractivity contribution in [1.29, 1.82) is 0 Å². The number of nitrogens with zero attached hydrogens (tertiary/aromatic N) is 4. The lowest BCUT2D eigenvalue weighted by molar-refractivity contribution is 0.414. The summed E-state index contributed by atoms with van der Waals surface area (Å²) >= 11 is 0. The second-order valence-corrected chi connectivity index (χ2v) is 6.60. The molecule has 0 aliphatic carbocycles. The van der Waals surface area contributed by atoms with E-state index in [1.807, 2.05) is 6.92 Å². The molecule has 10 heteroatoms. The molecule has 0 radical (unpaired) electrons. The van der Waals surface area contributed by atoms with Crippen LogP contribution < -0.4 is 15.6 Å². The predicted molar refractivity (Wildman–Crippen MR) is 104 cm³/mol. The average Bonchev–Trinajstić information content (AvgIpc) is 3.21. The molecule has 0 spiro atoms. The van der Waals surface area contributed by atoms with Gasteiger partial charge in [0.25, 0.3) is 5.56 Å². The van der Waals surface area contributed by atoms with Crippen molar-refractivity contribution in [3.63, 3.8) is 0 Å². The van der Waals surface area contributed by atoms with E-state index in [1.54, 1.807) is 25.3 Å². The molecule has 0 fully saturated rings. The lowest BCUT2D eigenvalue weighted by atomic mass is 10.2. The maximum Gasteiger partial charge on any atom is 0.300 e. The Bertz CT molecular complexity index is 1290. The Kier molecular flexibility index (Phi) is 4.90. The molecule has 7 nitrogen and oxygen atoms in total. The highest BCUT2D eigenvalue weighted by Gasteiger charge is 2.16. The quantitative estimate of drug-likeness (QED) is 0.506. The van der Waals surface area contributed by atoms with E-state index in [4.69, 9.17) is 4.74 Å². The van der Waals surface area contributed by atoms with Gasteiger partial charge in [-0.2, -0.15) is 4.98 Å². The van der Waals surface area contributed by atoms with Gasteiger partial charge in [-0.05, 0) is 48.4 Å². The van der Waals surface area contributed by atoms with Gasteiger partial charge in [-0.15, -0.1) is 0 Å². The highest BCUT2D eigenvalue weighted by molar-refractivity contribution is 5.60. The molecule has 2 aromatic carbocycles. The predicted octanol–water partition coefficient (Wildman–Crippen LogP) is 3.42. The number of aromatic nitrogens is 4.